The number of benzene rings is 2. The van der Waals surface area contributed by atoms with Crippen LogP contribution < -0.4 is 19.8 Å². The molecule has 0 saturated heterocycles. The number of ether oxygens (including phenoxy) is 3. The summed E-state index contributed by atoms with van der Waals surface area (Å²) in [4.78, 5) is 21.3. The van der Waals surface area contributed by atoms with Crippen LogP contribution in [0.15, 0.2) is 41.2 Å². The first-order chi connectivity index (χ1) is 16.0. The summed E-state index contributed by atoms with van der Waals surface area (Å²) in [7, 11) is 4.88. The van der Waals surface area contributed by atoms with E-state index in [0.29, 0.717) is 29.9 Å². The first-order valence-corrected chi connectivity index (χ1v) is 11.3. The van der Waals surface area contributed by atoms with E-state index >= 15 is 0 Å². The zero-order chi connectivity index (χ0) is 23.5. The van der Waals surface area contributed by atoms with Crippen LogP contribution in [0.2, 0.25) is 0 Å². The fourth-order valence-corrected chi connectivity index (χ4v) is 4.40. The second-order valence-electron chi connectivity index (χ2n) is 8.10. The van der Waals surface area contributed by atoms with Crippen molar-refractivity contribution in [1.82, 2.24) is 9.97 Å². The van der Waals surface area contributed by atoms with E-state index in [4.69, 9.17) is 19.2 Å². The van der Waals surface area contributed by atoms with Crippen molar-refractivity contribution in [2.45, 2.75) is 47.0 Å². The van der Waals surface area contributed by atoms with E-state index in [2.05, 4.69) is 18.0 Å². The average molecular weight is 463 g/mol. The molecule has 2 aromatic heterocycles. The van der Waals surface area contributed by atoms with Crippen LogP contribution in [0.25, 0.3) is 21.7 Å². The van der Waals surface area contributed by atoms with E-state index in [1.807, 2.05) is 37.3 Å². The van der Waals surface area contributed by atoms with Crippen LogP contribution in [0.4, 0.5) is 0 Å². The third-order valence-electron chi connectivity index (χ3n) is 6.11. The van der Waals surface area contributed by atoms with Gasteiger partial charge in [-0.3, -0.25) is 9.78 Å². The van der Waals surface area contributed by atoms with Crippen LogP contribution in [0.1, 0.15) is 50.2 Å². The highest BCUT2D eigenvalue weighted by atomic mass is 16.5. The summed E-state index contributed by atoms with van der Waals surface area (Å²) < 4.78 is 16.5. The first kappa shape index (κ1) is 25.1. The Kier molecular flexibility index (Phi) is 7.82. The SMILES string of the molecule is C.CCCc1nc2ccc(OC)cc2cc1Cc1c(=O)[nH]c(CC)c2cc(OC)c(OC)cc12. The lowest BCUT2D eigenvalue weighted by atomic mass is 9.95. The van der Waals surface area contributed by atoms with Crippen LogP contribution >= 0.6 is 0 Å². The van der Waals surface area contributed by atoms with E-state index in [1.165, 1.54) is 0 Å². The van der Waals surface area contributed by atoms with E-state index in [1.54, 1.807) is 21.3 Å². The Morgan fingerprint density at radius 3 is 2.24 bits per heavy atom. The molecule has 6 nitrogen and oxygen atoms in total. The van der Waals surface area contributed by atoms with Gasteiger partial charge in [0.1, 0.15) is 5.75 Å². The minimum Gasteiger partial charge on any atom is -0.497 e. The van der Waals surface area contributed by atoms with Gasteiger partial charge in [0, 0.05) is 34.1 Å². The Bertz CT molecular complexity index is 1370. The predicted octanol–water partition coefficient (Wildman–Crippen LogP) is 5.84. The van der Waals surface area contributed by atoms with Gasteiger partial charge in [0.05, 0.1) is 26.8 Å². The quantitative estimate of drug-likeness (QED) is 0.356. The zero-order valence-corrected chi connectivity index (χ0v) is 19.9. The summed E-state index contributed by atoms with van der Waals surface area (Å²) in [6.07, 6.45) is 3.00. The fraction of sp³-hybridized carbons (Fsp3) is 0.357. The molecule has 6 heteroatoms. The molecule has 0 aliphatic heterocycles. The molecule has 0 saturated carbocycles. The van der Waals surface area contributed by atoms with Gasteiger partial charge in [-0.05, 0) is 60.2 Å². The summed E-state index contributed by atoms with van der Waals surface area (Å²) in [5, 5.41) is 2.84. The van der Waals surface area contributed by atoms with Crippen molar-refractivity contribution < 1.29 is 14.2 Å². The van der Waals surface area contributed by atoms with Crippen LogP contribution in [0.3, 0.4) is 0 Å². The number of hydrogen-bond acceptors (Lipinski definition) is 5. The number of hydrogen-bond donors (Lipinski definition) is 1. The van der Waals surface area contributed by atoms with Crippen molar-refractivity contribution in [2.75, 3.05) is 21.3 Å². The number of pyridine rings is 2. The third kappa shape index (κ3) is 4.58. The third-order valence-corrected chi connectivity index (χ3v) is 6.11. The van der Waals surface area contributed by atoms with Crippen LogP contribution in [0, 0.1) is 0 Å². The van der Waals surface area contributed by atoms with Gasteiger partial charge in [-0.15, -0.1) is 0 Å². The number of nitrogens with zero attached hydrogens (tertiary/aromatic N) is 1. The van der Waals surface area contributed by atoms with Crippen molar-refractivity contribution >= 4 is 21.7 Å². The summed E-state index contributed by atoms with van der Waals surface area (Å²) >= 11 is 0. The second kappa shape index (κ2) is 10.6. The van der Waals surface area contributed by atoms with Gasteiger partial charge < -0.3 is 19.2 Å². The lowest BCUT2D eigenvalue weighted by Crippen LogP contribution is -2.17. The van der Waals surface area contributed by atoms with Crippen molar-refractivity contribution in [3.05, 3.63) is 69.3 Å². The molecule has 0 bridgehead atoms. The van der Waals surface area contributed by atoms with E-state index in [9.17, 15) is 4.79 Å². The maximum Gasteiger partial charge on any atom is 0.252 e. The first-order valence-electron chi connectivity index (χ1n) is 11.3. The molecule has 0 spiro atoms. The number of rotatable bonds is 8. The molecule has 0 atom stereocenters. The number of aromatic nitrogens is 2. The maximum atomic E-state index is 13.2. The maximum absolute atomic E-state index is 13.2. The van der Waals surface area contributed by atoms with Gasteiger partial charge >= 0.3 is 0 Å². The monoisotopic (exact) mass is 462 g/mol. The lowest BCUT2D eigenvalue weighted by molar-refractivity contribution is 0.356. The Morgan fingerprint density at radius 2 is 1.62 bits per heavy atom. The highest BCUT2D eigenvalue weighted by molar-refractivity contribution is 5.91. The van der Waals surface area contributed by atoms with Gasteiger partial charge in [0.25, 0.3) is 5.56 Å². The molecule has 34 heavy (non-hydrogen) atoms. The molecular weight excluding hydrogens is 428 g/mol. The summed E-state index contributed by atoms with van der Waals surface area (Å²) in [5.41, 5.74) is 4.49. The van der Waals surface area contributed by atoms with E-state index < -0.39 is 0 Å². The Morgan fingerprint density at radius 1 is 0.912 bits per heavy atom. The Labute approximate surface area is 200 Å². The largest absolute Gasteiger partial charge is 0.497 e. The molecule has 0 radical (unpaired) electrons. The van der Waals surface area contributed by atoms with E-state index in [0.717, 1.165) is 57.2 Å². The molecule has 4 rings (SSSR count). The minimum absolute atomic E-state index is 0. The van der Waals surface area contributed by atoms with Gasteiger partial charge in [-0.2, -0.15) is 0 Å². The van der Waals surface area contributed by atoms with E-state index in [-0.39, 0.29) is 13.0 Å². The smallest absolute Gasteiger partial charge is 0.252 e. The molecule has 180 valence electrons. The molecule has 0 aliphatic carbocycles. The van der Waals surface area contributed by atoms with Crippen molar-refractivity contribution in [3.8, 4) is 17.2 Å². The summed E-state index contributed by atoms with van der Waals surface area (Å²) in [6, 6.07) is 11.9. The second-order valence-corrected chi connectivity index (χ2v) is 8.10. The number of aromatic amines is 1. The van der Waals surface area contributed by atoms with Crippen molar-refractivity contribution in [3.63, 3.8) is 0 Å². The predicted molar refractivity (Wildman–Crippen MR) is 139 cm³/mol. The molecule has 2 heterocycles. The highest BCUT2D eigenvalue weighted by Crippen LogP contribution is 2.35. The molecule has 4 aromatic rings. The standard InChI is InChI=1S/C27H30N2O4.CH4/c1-6-8-23-17(11-16-12-18(31-3)9-10-24(16)28-23)13-21-19-14-25(32-4)26(33-5)15-20(19)22(7-2)29-27(21)30;/h9-12,14-15H,6-8,13H2,1-5H3,(H,29,30);1H4. The number of nitrogens with one attached hydrogen (secondary N) is 1. The summed E-state index contributed by atoms with van der Waals surface area (Å²) in [5.74, 6) is 2.03. The lowest BCUT2D eigenvalue weighted by Gasteiger charge is -2.16. The van der Waals surface area contributed by atoms with Gasteiger partial charge in [0.15, 0.2) is 11.5 Å². The number of fused-ring (bicyclic) bond motifs is 2. The van der Waals surface area contributed by atoms with Crippen LogP contribution in [0.5, 0.6) is 17.2 Å². The van der Waals surface area contributed by atoms with Gasteiger partial charge in [0.2, 0.25) is 0 Å². The van der Waals surface area contributed by atoms with Crippen LogP contribution in [-0.4, -0.2) is 31.3 Å². The molecule has 0 unspecified atom stereocenters. The van der Waals surface area contributed by atoms with Crippen LogP contribution in [-0.2, 0) is 19.3 Å². The molecule has 0 fully saturated rings. The van der Waals surface area contributed by atoms with Gasteiger partial charge in [-0.1, -0.05) is 27.7 Å². The molecular formula is C28H34N2O4. The van der Waals surface area contributed by atoms with Crippen molar-refractivity contribution in [1.29, 1.82) is 0 Å². The normalized spacial score (nSPS) is 10.9. The summed E-state index contributed by atoms with van der Waals surface area (Å²) in [6.45, 7) is 4.17. The molecule has 2 aromatic carbocycles. The molecule has 0 amide bonds. The fourth-order valence-electron chi connectivity index (χ4n) is 4.40. The number of aryl methyl sites for hydroxylation is 2. The molecule has 0 aliphatic rings. The topological polar surface area (TPSA) is 73.4 Å². The van der Waals surface area contributed by atoms with Gasteiger partial charge in [-0.25, -0.2) is 0 Å². The average Bonchev–Trinajstić information content (AvgIpc) is 2.84. The molecule has 1 N–H and O–H groups in total. The zero-order valence-electron chi connectivity index (χ0n) is 19.9. The van der Waals surface area contributed by atoms with Crippen molar-refractivity contribution in [2.24, 2.45) is 0 Å². The minimum atomic E-state index is -0.0836. The number of methoxy groups -OCH3 is 3. The Hall–Kier alpha value is -3.54. The highest BCUT2D eigenvalue weighted by Gasteiger charge is 2.17. The number of H-pyrrole nitrogens is 1. The Balaban J connectivity index is 0.00000324.